The van der Waals surface area contributed by atoms with Crippen molar-refractivity contribution in [2.45, 2.75) is 33.2 Å². The fourth-order valence-corrected chi connectivity index (χ4v) is 2.77. The molecular formula is C16H21N3. The van der Waals surface area contributed by atoms with Crippen LogP contribution in [0.1, 0.15) is 33.2 Å². The Morgan fingerprint density at radius 2 is 1.95 bits per heavy atom. The van der Waals surface area contributed by atoms with Crippen LogP contribution in [0.2, 0.25) is 0 Å². The lowest BCUT2D eigenvalue weighted by molar-refractivity contribution is 0.211. The summed E-state index contributed by atoms with van der Waals surface area (Å²) in [5.41, 5.74) is 2.47. The van der Waals surface area contributed by atoms with Crippen molar-refractivity contribution in [3.63, 3.8) is 0 Å². The molecule has 1 aromatic heterocycles. The topological polar surface area (TPSA) is 29.9 Å². The van der Waals surface area contributed by atoms with Crippen molar-refractivity contribution in [1.29, 1.82) is 0 Å². The van der Waals surface area contributed by atoms with Gasteiger partial charge in [-0.1, -0.05) is 51.1 Å². The minimum Gasteiger partial charge on any atom is -0.370 e. The molecule has 0 saturated heterocycles. The van der Waals surface area contributed by atoms with E-state index in [1.54, 1.807) is 0 Å². The largest absolute Gasteiger partial charge is 0.370 e. The molecule has 0 aliphatic carbocycles. The first kappa shape index (κ1) is 12.3. The number of nitrogens with zero attached hydrogens (tertiary/aromatic N) is 2. The minimum absolute atomic E-state index is 0.233. The Bertz CT molecular complexity index is 563. The molecule has 3 rings (SSSR count). The van der Waals surface area contributed by atoms with Crippen LogP contribution in [0.4, 0.5) is 5.82 Å². The zero-order valence-electron chi connectivity index (χ0n) is 11.9. The van der Waals surface area contributed by atoms with Gasteiger partial charge in [-0.25, -0.2) is 4.68 Å². The highest BCUT2D eigenvalue weighted by Crippen LogP contribution is 2.38. The highest BCUT2D eigenvalue weighted by molar-refractivity contribution is 5.63. The van der Waals surface area contributed by atoms with Gasteiger partial charge < -0.3 is 5.32 Å². The zero-order chi connectivity index (χ0) is 13.5. The van der Waals surface area contributed by atoms with Gasteiger partial charge in [0, 0.05) is 18.2 Å². The van der Waals surface area contributed by atoms with Crippen LogP contribution < -0.4 is 5.32 Å². The maximum absolute atomic E-state index is 4.82. The van der Waals surface area contributed by atoms with E-state index in [1.807, 2.05) is 6.07 Å². The molecule has 100 valence electrons. The number of nitrogens with one attached hydrogen (secondary N) is 1. The Labute approximate surface area is 114 Å². The van der Waals surface area contributed by atoms with Crippen molar-refractivity contribution in [1.82, 2.24) is 9.78 Å². The molecule has 1 unspecified atom stereocenters. The fraction of sp³-hybridized carbons (Fsp3) is 0.438. The maximum atomic E-state index is 4.82. The second-order valence-corrected chi connectivity index (χ2v) is 6.32. The average molecular weight is 255 g/mol. The van der Waals surface area contributed by atoms with Gasteiger partial charge in [-0.05, 0) is 11.8 Å². The summed E-state index contributed by atoms with van der Waals surface area (Å²) in [6, 6.07) is 13.0. The Morgan fingerprint density at radius 1 is 1.21 bits per heavy atom. The van der Waals surface area contributed by atoms with E-state index >= 15 is 0 Å². The first-order valence-corrected chi connectivity index (χ1v) is 6.94. The SMILES string of the molecule is CC(C)(C)C1CCNc2cc(-c3ccccc3)nn21. The lowest BCUT2D eigenvalue weighted by atomic mass is 9.84. The number of aromatic nitrogens is 2. The van der Waals surface area contributed by atoms with E-state index in [1.165, 1.54) is 5.56 Å². The Kier molecular flexibility index (Phi) is 2.85. The molecule has 1 aromatic carbocycles. The summed E-state index contributed by atoms with van der Waals surface area (Å²) in [6.07, 6.45) is 1.13. The van der Waals surface area contributed by atoms with Gasteiger partial charge in [0.05, 0.1) is 11.7 Å². The van der Waals surface area contributed by atoms with Gasteiger partial charge in [-0.15, -0.1) is 0 Å². The Hall–Kier alpha value is -1.77. The van der Waals surface area contributed by atoms with Crippen LogP contribution in [-0.2, 0) is 0 Å². The average Bonchev–Trinajstić information content (AvgIpc) is 2.82. The summed E-state index contributed by atoms with van der Waals surface area (Å²) in [6.45, 7) is 7.89. The second kappa shape index (κ2) is 4.41. The number of hydrogen-bond donors (Lipinski definition) is 1. The molecule has 0 radical (unpaired) electrons. The predicted molar refractivity (Wildman–Crippen MR) is 79.3 cm³/mol. The molecule has 0 amide bonds. The monoisotopic (exact) mass is 255 g/mol. The third kappa shape index (κ3) is 2.25. The van der Waals surface area contributed by atoms with E-state index in [2.05, 4.69) is 61.1 Å². The van der Waals surface area contributed by atoms with Crippen molar-refractivity contribution in [3.05, 3.63) is 36.4 Å². The number of benzene rings is 1. The molecule has 3 nitrogen and oxygen atoms in total. The normalized spacial score (nSPS) is 18.8. The van der Waals surface area contributed by atoms with Gasteiger partial charge in [-0.2, -0.15) is 5.10 Å². The molecule has 2 aromatic rings. The van der Waals surface area contributed by atoms with Gasteiger partial charge >= 0.3 is 0 Å². The number of anilines is 1. The van der Waals surface area contributed by atoms with Crippen LogP contribution in [0.25, 0.3) is 11.3 Å². The second-order valence-electron chi connectivity index (χ2n) is 6.32. The summed E-state index contributed by atoms with van der Waals surface area (Å²) in [5.74, 6) is 1.14. The van der Waals surface area contributed by atoms with Crippen LogP contribution in [0.3, 0.4) is 0 Å². The van der Waals surface area contributed by atoms with E-state index in [-0.39, 0.29) is 5.41 Å². The number of hydrogen-bond acceptors (Lipinski definition) is 2. The summed E-state index contributed by atoms with van der Waals surface area (Å²) in [7, 11) is 0. The highest BCUT2D eigenvalue weighted by Gasteiger charge is 2.31. The third-order valence-electron chi connectivity index (χ3n) is 3.82. The van der Waals surface area contributed by atoms with Crippen molar-refractivity contribution in [2.75, 3.05) is 11.9 Å². The van der Waals surface area contributed by atoms with E-state index in [0.29, 0.717) is 6.04 Å². The van der Waals surface area contributed by atoms with Gasteiger partial charge in [0.2, 0.25) is 0 Å². The van der Waals surface area contributed by atoms with Crippen LogP contribution in [-0.4, -0.2) is 16.3 Å². The van der Waals surface area contributed by atoms with Crippen LogP contribution >= 0.6 is 0 Å². The summed E-state index contributed by atoms with van der Waals surface area (Å²) >= 11 is 0. The van der Waals surface area contributed by atoms with Crippen LogP contribution in [0.15, 0.2) is 36.4 Å². The molecule has 2 heterocycles. The highest BCUT2D eigenvalue weighted by atomic mass is 15.4. The quantitative estimate of drug-likeness (QED) is 0.836. The van der Waals surface area contributed by atoms with Crippen molar-refractivity contribution < 1.29 is 0 Å². The fourth-order valence-electron chi connectivity index (χ4n) is 2.77. The lowest BCUT2D eigenvalue weighted by Crippen LogP contribution is -2.32. The molecule has 1 aliphatic rings. The van der Waals surface area contributed by atoms with E-state index in [0.717, 1.165) is 24.5 Å². The molecule has 1 aliphatic heterocycles. The molecule has 0 saturated carbocycles. The molecule has 0 fully saturated rings. The third-order valence-corrected chi connectivity index (χ3v) is 3.82. The van der Waals surface area contributed by atoms with Gasteiger partial charge in [0.25, 0.3) is 0 Å². The van der Waals surface area contributed by atoms with Crippen molar-refractivity contribution in [2.24, 2.45) is 5.41 Å². The Balaban J connectivity index is 2.03. The summed E-state index contributed by atoms with van der Waals surface area (Å²) in [4.78, 5) is 0. The minimum atomic E-state index is 0.233. The first-order chi connectivity index (χ1) is 9.05. The summed E-state index contributed by atoms with van der Waals surface area (Å²) < 4.78 is 2.17. The molecule has 0 bridgehead atoms. The molecule has 1 atom stereocenters. The lowest BCUT2D eigenvalue weighted by Gasteiger charge is -2.35. The first-order valence-electron chi connectivity index (χ1n) is 6.94. The van der Waals surface area contributed by atoms with Gasteiger partial charge in [0.15, 0.2) is 0 Å². The standard InChI is InChI=1S/C16H21N3/c1-16(2,3)14-9-10-17-15-11-13(18-19(14)15)12-7-5-4-6-8-12/h4-8,11,14,17H,9-10H2,1-3H3. The van der Waals surface area contributed by atoms with Crippen LogP contribution in [0.5, 0.6) is 0 Å². The number of fused-ring (bicyclic) bond motifs is 1. The molecule has 0 spiro atoms. The van der Waals surface area contributed by atoms with E-state index in [9.17, 15) is 0 Å². The predicted octanol–water partition coefficient (Wildman–Crippen LogP) is 3.95. The molecule has 19 heavy (non-hydrogen) atoms. The van der Waals surface area contributed by atoms with Crippen LogP contribution in [0, 0.1) is 5.41 Å². The van der Waals surface area contributed by atoms with Gasteiger partial charge in [-0.3, -0.25) is 0 Å². The van der Waals surface area contributed by atoms with E-state index in [4.69, 9.17) is 5.10 Å². The maximum Gasteiger partial charge on any atom is 0.125 e. The molecule has 3 heteroatoms. The smallest absolute Gasteiger partial charge is 0.125 e. The summed E-state index contributed by atoms with van der Waals surface area (Å²) in [5, 5.41) is 8.28. The van der Waals surface area contributed by atoms with Crippen molar-refractivity contribution in [3.8, 4) is 11.3 Å². The zero-order valence-corrected chi connectivity index (χ0v) is 11.9. The Morgan fingerprint density at radius 3 is 2.63 bits per heavy atom. The molecular weight excluding hydrogens is 234 g/mol. The molecule has 1 N–H and O–H groups in total. The van der Waals surface area contributed by atoms with E-state index < -0.39 is 0 Å². The number of rotatable bonds is 1. The van der Waals surface area contributed by atoms with Crippen molar-refractivity contribution >= 4 is 5.82 Å². The van der Waals surface area contributed by atoms with Gasteiger partial charge in [0.1, 0.15) is 5.82 Å².